The van der Waals surface area contributed by atoms with Crippen LogP contribution in [0.3, 0.4) is 0 Å². The van der Waals surface area contributed by atoms with E-state index in [0.29, 0.717) is 27.6 Å². The summed E-state index contributed by atoms with van der Waals surface area (Å²) in [7, 11) is 3.05. The zero-order chi connectivity index (χ0) is 19.4. The van der Waals surface area contributed by atoms with Gasteiger partial charge >= 0.3 is 0 Å². The predicted octanol–water partition coefficient (Wildman–Crippen LogP) is 4.58. The molecule has 0 saturated heterocycles. The molecule has 0 spiro atoms. The summed E-state index contributed by atoms with van der Waals surface area (Å²) in [4.78, 5) is 12.7. The molecule has 1 amide bonds. The van der Waals surface area contributed by atoms with Gasteiger partial charge in [-0.25, -0.2) is 5.43 Å². The lowest BCUT2D eigenvalue weighted by molar-refractivity contribution is 0.0956. The zero-order valence-electron chi connectivity index (χ0n) is 15.2. The summed E-state index contributed by atoms with van der Waals surface area (Å²) in [6.07, 6.45) is 1.51. The Labute approximate surface area is 162 Å². The normalized spacial score (nSPS) is 11.0. The average molecular weight is 383 g/mol. The van der Waals surface area contributed by atoms with Gasteiger partial charge in [-0.05, 0) is 41.0 Å². The summed E-state index contributed by atoms with van der Waals surface area (Å²) >= 11 is 6.18. The number of amides is 1. The molecular formula is C21H19ClN2O3. The van der Waals surface area contributed by atoms with E-state index in [9.17, 15) is 4.79 Å². The molecule has 0 aromatic heterocycles. The minimum atomic E-state index is -0.271. The van der Waals surface area contributed by atoms with Crippen LogP contribution in [0.15, 0.2) is 53.6 Å². The predicted molar refractivity (Wildman–Crippen MR) is 108 cm³/mol. The summed E-state index contributed by atoms with van der Waals surface area (Å²) in [5.74, 6) is 0.668. The molecule has 6 heteroatoms. The second-order valence-corrected chi connectivity index (χ2v) is 6.32. The molecule has 5 nitrogen and oxygen atoms in total. The van der Waals surface area contributed by atoms with Gasteiger partial charge in [0.1, 0.15) is 0 Å². The number of carbonyl (C=O) groups excluding carboxylic acids is 1. The second-order valence-electron chi connectivity index (χ2n) is 5.92. The van der Waals surface area contributed by atoms with Crippen LogP contribution in [-0.2, 0) is 0 Å². The Morgan fingerprint density at radius 1 is 1.11 bits per heavy atom. The molecule has 0 aliphatic rings. The van der Waals surface area contributed by atoms with Gasteiger partial charge in [0.2, 0.25) is 0 Å². The number of nitrogens with zero attached hydrogens (tertiary/aromatic N) is 1. The molecule has 0 aliphatic heterocycles. The number of hydrazone groups is 1. The maximum atomic E-state index is 12.7. The SMILES string of the molecule is COc1cc(/C=N\NC(=O)c2c(C)ccc3ccccc23)cc(Cl)c1OC. The van der Waals surface area contributed by atoms with Crippen LogP contribution in [0, 0.1) is 6.92 Å². The first kappa shape index (κ1) is 18.7. The Morgan fingerprint density at radius 2 is 1.89 bits per heavy atom. The van der Waals surface area contributed by atoms with Gasteiger partial charge < -0.3 is 9.47 Å². The summed E-state index contributed by atoms with van der Waals surface area (Å²) < 4.78 is 10.5. The largest absolute Gasteiger partial charge is 0.493 e. The third-order valence-electron chi connectivity index (χ3n) is 4.20. The number of halogens is 1. The average Bonchev–Trinajstić information content (AvgIpc) is 2.67. The first-order chi connectivity index (χ1) is 13.0. The van der Waals surface area contributed by atoms with Gasteiger partial charge in [0.15, 0.2) is 11.5 Å². The van der Waals surface area contributed by atoms with Gasteiger partial charge in [-0.2, -0.15) is 5.10 Å². The number of aryl methyl sites for hydroxylation is 1. The molecule has 3 aromatic rings. The number of ether oxygens (including phenoxy) is 2. The third-order valence-corrected chi connectivity index (χ3v) is 4.48. The summed E-state index contributed by atoms with van der Waals surface area (Å²) in [6.45, 7) is 1.90. The van der Waals surface area contributed by atoms with Crippen LogP contribution in [0.5, 0.6) is 11.5 Å². The highest BCUT2D eigenvalue weighted by Crippen LogP contribution is 2.35. The summed E-state index contributed by atoms with van der Waals surface area (Å²) in [5, 5.41) is 6.35. The minimum absolute atomic E-state index is 0.271. The number of rotatable bonds is 5. The molecule has 1 N–H and O–H groups in total. The smallest absolute Gasteiger partial charge is 0.272 e. The van der Waals surface area contributed by atoms with Crippen molar-refractivity contribution in [1.29, 1.82) is 0 Å². The maximum Gasteiger partial charge on any atom is 0.272 e. The van der Waals surface area contributed by atoms with E-state index in [1.54, 1.807) is 12.1 Å². The lowest BCUT2D eigenvalue weighted by Gasteiger charge is -2.10. The molecule has 0 aliphatic carbocycles. The van der Waals surface area contributed by atoms with Crippen molar-refractivity contribution < 1.29 is 14.3 Å². The van der Waals surface area contributed by atoms with Gasteiger partial charge in [0.25, 0.3) is 5.91 Å². The highest BCUT2D eigenvalue weighted by molar-refractivity contribution is 6.32. The van der Waals surface area contributed by atoms with Gasteiger partial charge in [0.05, 0.1) is 31.0 Å². The first-order valence-corrected chi connectivity index (χ1v) is 8.66. The van der Waals surface area contributed by atoms with Crippen LogP contribution >= 0.6 is 11.6 Å². The van der Waals surface area contributed by atoms with E-state index in [1.807, 2.05) is 43.3 Å². The van der Waals surface area contributed by atoms with Gasteiger partial charge in [-0.15, -0.1) is 0 Å². The monoisotopic (exact) mass is 382 g/mol. The first-order valence-electron chi connectivity index (χ1n) is 8.28. The molecule has 0 unspecified atom stereocenters. The van der Waals surface area contributed by atoms with E-state index in [4.69, 9.17) is 21.1 Å². The molecule has 3 aromatic carbocycles. The van der Waals surface area contributed by atoms with E-state index >= 15 is 0 Å². The van der Waals surface area contributed by atoms with Gasteiger partial charge in [-0.1, -0.05) is 48.0 Å². The second kappa shape index (κ2) is 8.10. The molecule has 27 heavy (non-hydrogen) atoms. The van der Waals surface area contributed by atoms with Crippen molar-refractivity contribution in [2.24, 2.45) is 5.10 Å². The highest BCUT2D eigenvalue weighted by Gasteiger charge is 2.13. The van der Waals surface area contributed by atoms with Gasteiger partial charge in [0, 0.05) is 0 Å². The Hall–Kier alpha value is -3.05. The zero-order valence-corrected chi connectivity index (χ0v) is 16.0. The lowest BCUT2D eigenvalue weighted by atomic mass is 9.99. The number of benzene rings is 3. The Kier molecular flexibility index (Phi) is 5.62. The number of carbonyl (C=O) groups is 1. The Bertz CT molecular complexity index is 1030. The Balaban J connectivity index is 1.85. The van der Waals surface area contributed by atoms with Crippen molar-refractivity contribution in [3.63, 3.8) is 0 Å². The standard InChI is InChI=1S/C21H19ClN2O3/c1-13-8-9-15-6-4-5-7-16(15)19(13)21(25)24-23-12-14-10-17(22)20(27-3)18(11-14)26-2/h4-12H,1-3H3,(H,24,25)/b23-12-. The molecule has 3 rings (SSSR count). The molecule has 0 fully saturated rings. The summed E-state index contributed by atoms with van der Waals surface area (Å²) in [5.41, 5.74) is 4.75. The fourth-order valence-corrected chi connectivity index (χ4v) is 3.21. The van der Waals surface area contributed by atoms with Crippen molar-refractivity contribution in [2.75, 3.05) is 14.2 Å². The number of hydrogen-bond donors (Lipinski definition) is 1. The van der Waals surface area contributed by atoms with Crippen LogP contribution in [0.25, 0.3) is 10.8 Å². The molecular weight excluding hydrogens is 364 g/mol. The molecule has 0 bridgehead atoms. The van der Waals surface area contributed by atoms with Crippen molar-refractivity contribution >= 4 is 34.5 Å². The van der Waals surface area contributed by atoms with Crippen molar-refractivity contribution in [3.8, 4) is 11.5 Å². The van der Waals surface area contributed by atoms with Crippen molar-refractivity contribution in [2.45, 2.75) is 6.92 Å². The van der Waals surface area contributed by atoms with E-state index in [2.05, 4.69) is 10.5 Å². The van der Waals surface area contributed by atoms with E-state index < -0.39 is 0 Å². The van der Waals surface area contributed by atoms with Crippen LogP contribution in [0.4, 0.5) is 0 Å². The van der Waals surface area contributed by atoms with Crippen molar-refractivity contribution in [1.82, 2.24) is 5.43 Å². The highest BCUT2D eigenvalue weighted by atomic mass is 35.5. The quantitative estimate of drug-likeness (QED) is 0.519. The fourth-order valence-electron chi connectivity index (χ4n) is 2.92. The van der Waals surface area contributed by atoms with E-state index in [1.165, 1.54) is 20.4 Å². The van der Waals surface area contributed by atoms with Crippen LogP contribution < -0.4 is 14.9 Å². The fraction of sp³-hybridized carbons (Fsp3) is 0.143. The van der Waals surface area contributed by atoms with Crippen LogP contribution in [0.2, 0.25) is 5.02 Å². The maximum absolute atomic E-state index is 12.7. The summed E-state index contributed by atoms with van der Waals surface area (Å²) in [6, 6.07) is 15.1. The van der Waals surface area contributed by atoms with E-state index in [0.717, 1.165) is 16.3 Å². The minimum Gasteiger partial charge on any atom is -0.493 e. The molecule has 138 valence electrons. The van der Waals surface area contributed by atoms with Crippen LogP contribution in [0.1, 0.15) is 21.5 Å². The van der Waals surface area contributed by atoms with E-state index in [-0.39, 0.29) is 5.91 Å². The lowest BCUT2D eigenvalue weighted by Crippen LogP contribution is -2.19. The number of methoxy groups -OCH3 is 2. The molecule has 0 saturated carbocycles. The molecule has 0 radical (unpaired) electrons. The Morgan fingerprint density at radius 3 is 2.63 bits per heavy atom. The topological polar surface area (TPSA) is 59.9 Å². The van der Waals surface area contributed by atoms with Gasteiger partial charge in [-0.3, -0.25) is 4.79 Å². The number of hydrogen-bond acceptors (Lipinski definition) is 4. The molecule has 0 heterocycles. The van der Waals surface area contributed by atoms with Crippen LogP contribution in [-0.4, -0.2) is 26.3 Å². The number of fused-ring (bicyclic) bond motifs is 1. The van der Waals surface area contributed by atoms with Crippen molar-refractivity contribution in [3.05, 3.63) is 70.2 Å². The third kappa shape index (κ3) is 3.88. The molecule has 0 atom stereocenters. The number of nitrogens with one attached hydrogen (secondary N) is 1.